The van der Waals surface area contributed by atoms with Crippen molar-refractivity contribution in [2.24, 2.45) is 0 Å². The molecule has 1 aliphatic heterocycles. The molecule has 0 spiro atoms. The number of rotatable bonds is 3. The molecule has 2 heterocycles. The van der Waals surface area contributed by atoms with Crippen molar-refractivity contribution in [1.29, 1.82) is 0 Å². The molecule has 1 saturated heterocycles. The van der Waals surface area contributed by atoms with Gasteiger partial charge in [0.2, 0.25) is 5.91 Å². The molecular formula is C9H13N3OS2. The molecule has 1 atom stereocenters. The van der Waals surface area contributed by atoms with Gasteiger partial charge >= 0.3 is 0 Å². The van der Waals surface area contributed by atoms with E-state index in [1.54, 1.807) is 23.1 Å². The van der Waals surface area contributed by atoms with E-state index in [9.17, 15) is 4.79 Å². The molecule has 2 rings (SSSR count). The van der Waals surface area contributed by atoms with Crippen molar-refractivity contribution in [3.63, 3.8) is 0 Å². The molecule has 82 valence electrons. The highest BCUT2D eigenvalue weighted by Crippen LogP contribution is 2.12. The smallest absolute Gasteiger partial charge is 0.238 e. The number of aryl methyl sites for hydroxylation is 1. The lowest BCUT2D eigenvalue weighted by Gasteiger charge is -2.08. The van der Waals surface area contributed by atoms with Gasteiger partial charge in [0.1, 0.15) is 5.01 Å². The van der Waals surface area contributed by atoms with Crippen LogP contribution in [0.5, 0.6) is 0 Å². The van der Waals surface area contributed by atoms with Crippen LogP contribution in [0.3, 0.4) is 0 Å². The summed E-state index contributed by atoms with van der Waals surface area (Å²) in [6.07, 6.45) is 1.83. The molecule has 2 N–H and O–H groups in total. The lowest BCUT2D eigenvalue weighted by Crippen LogP contribution is -2.41. The quantitative estimate of drug-likeness (QED) is 0.822. The topological polar surface area (TPSA) is 54.0 Å². The summed E-state index contributed by atoms with van der Waals surface area (Å²) in [5.74, 6) is 1.81. The molecule has 0 aliphatic carbocycles. The summed E-state index contributed by atoms with van der Waals surface area (Å²) in [4.78, 5) is 17.0. The lowest BCUT2D eigenvalue weighted by molar-refractivity contribution is -0.122. The summed E-state index contributed by atoms with van der Waals surface area (Å²) in [7, 11) is 0. The van der Waals surface area contributed by atoms with Gasteiger partial charge < -0.3 is 5.32 Å². The van der Waals surface area contributed by atoms with Gasteiger partial charge in [-0.1, -0.05) is 0 Å². The fourth-order valence-corrected chi connectivity index (χ4v) is 3.00. The summed E-state index contributed by atoms with van der Waals surface area (Å²) in [6.45, 7) is 2.55. The fourth-order valence-electron chi connectivity index (χ4n) is 1.33. The first kappa shape index (κ1) is 10.9. The third-order valence-corrected chi connectivity index (χ3v) is 3.97. The van der Waals surface area contributed by atoms with Gasteiger partial charge in [0.15, 0.2) is 0 Å². The SMILES string of the molecule is Cc1cnc(CNC(=O)C2CSCN2)s1. The fraction of sp³-hybridized carbons (Fsp3) is 0.556. The van der Waals surface area contributed by atoms with E-state index in [-0.39, 0.29) is 11.9 Å². The number of carbonyl (C=O) groups excluding carboxylic acids is 1. The summed E-state index contributed by atoms with van der Waals surface area (Å²) >= 11 is 3.37. The van der Waals surface area contributed by atoms with E-state index in [2.05, 4.69) is 15.6 Å². The standard InChI is InChI=1S/C9H13N3OS2/c1-6-2-10-8(15-6)3-11-9(13)7-4-14-5-12-7/h2,7,12H,3-5H2,1H3,(H,11,13). The Morgan fingerprint density at radius 3 is 3.27 bits per heavy atom. The van der Waals surface area contributed by atoms with Crippen molar-refractivity contribution in [3.05, 3.63) is 16.1 Å². The third kappa shape index (κ3) is 2.93. The summed E-state index contributed by atoms with van der Waals surface area (Å²) in [5, 5.41) is 6.98. The van der Waals surface area contributed by atoms with Gasteiger partial charge in [0.05, 0.1) is 12.6 Å². The van der Waals surface area contributed by atoms with Crippen molar-refractivity contribution in [2.45, 2.75) is 19.5 Å². The number of amides is 1. The Hall–Kier alpha value is -0.590. The summed E-state index contributed by atoms with van der Waals surface area (Å²) in [5.41, 5.74) is 0. The predicted molar refractivity (Wildman–Crippen MR) is 62.9 cm³/mol. The number of aromatic nitrogens is 1. The lowest BCUT2D eigenvalue weighted by atomic mass is 10.3. The monoisotopic (exact) mass is 243 g/mol. The third-order valence-electron chi connectivity index (χ3n) is 2.12. The van der Waals surface area contributed by atoms with Crippen LogP contribution in [0.25, 0.3) is 0 Å². The van der Waals surface area contributed by atoms with E-state index >= 15 is 0 Å². The van der Waals surface area contributed by atoms with Crippen LogP contribution in [0.2, 0.25) is 0 Å². The van der Waals surface area contributed by atoms with Gasteiger partial charge in [0.25, 0.3) is 0 Å². The molecule has 15 heavy (non-hydrogen) atoms. The van der Waals surface area contributed by atoms with Crippen molar-refractivity contribution < 1.29 is 4.79 Å². The van der Waals surface area contributed by atoms with Gasteiger partial charge in [0, 0.05) is 22.7 Å². The minimum absolute atomic E-state index is 0.0314. The Morgan fingerprint density at radius 1 is 1.80 bits per heavy atom. The first-order valence-corrected chi connectivity index (χ1v) is 6.73. The van der Waals surface area contributed by atoms with Gasteiger partial charge in [-0.15, -0.1) is 23.1 Å². The average Bonchev–Trinajstić information content (AvgIpc) is 2.84. The van der Waals surface area contributed by atoms with Gasteiger partial charge in [-0.25, -0.2) is 4.98 Å². The van der Waals surface area contributed by atoms with E-state index in [4.69, 9.17) is 0 Å². The van der Waals surface area contributed by atoms with E-state index in [0.29, 0.717) is 6.54 Å². The Morgan fingerprint density at radius 2 is 2.67 bits per heavy atom. The highest BCUT2D eigenvalue weighted by Gasteiger charge is 2.21. The largest absolute Gasteiger partial charge is 0.348 e. The second-order valence-corrected chi connectivity index (χ2v) is 5.70. The van der Waals surface area contributed by atoms with Crippen molar-refractivity contribution >= 4 is 29.0 Å². The molecule has 0 saturated carbocycles. The molecule has 1 fully saturated rings. The molecule has 4 nitrogen and oxygen atoms in total. The molecule has 1 unspecified atom stereocenters. The highest BCUT2D eigenvalue weighted by atomic mass is 32.2. The zero-order chi connectivity index (χ0) is 10.7. The first-order chi connectivity index (χ1) is 7.25. The van der Waals surface area contributed by atoms with Crippen LogP contribution in [0.15, 0.2) is 6.20 Å². The number of hydrogen-bond donors (Lipinski definition) is 2. The van der Waals surface area contributed by atoms with Gasteiger partial charge in [-0.3, -0.25) is 10.1 Å². The van der Waals surface area contributed by atoms with Crippen molar-refractivity contribution in [3.8, 4) is 0 Å². The van der Waals surface area contributed by atoms with Crippen LogP contribution in [0.1, 0.15) is 9.88 Å². The number of hydrogen-bond acceptors (Lipinski definition) is 5. The van der Waals surface area contributed by atoms with Crippen LogP contribution in [-0.4, -0.2) is 28.6 Å². The van der Waals surface area contributed by atoms with E-state index < -0.39 is 0 Å². The number of nitrogens with one attached hydrogen (secondary N) is 2. The summed E-state index contributed by atoms with van der Waals surface area (Å²) in [6, 6.07) is -0.0314. The zero-order valence-electron chi connectivity index (χ0n) is 8.45. The maximum atomic E-state index is 11.6. The molecule has 1 aromatic rings. The van der Waals surface area contributed by atoms with Crippen LogP contribution >= 0.6 is 23.1 Å². The second-order valence-electron chi connectivity index (χ2n) is 3.35. The second kappa shape index (κ2) is 4.96. The Kier molecular flexibility index (Phi) is 3.61. The molecule has 6 heteroatoms. The predicted octanol–water partition coefficient (Wildman–Crippen LogP) is 0.730. The Labute approximate surface area is 96.9 Å². The van der Waals surface area contributed by atoms with Gasteiger partial charge in [-0.05, 0) is 6.92 Å². The summed E-state index contributed by atoms with van der Waals surface area (Å²) < 4.78 is 0. The molecule has 0 bridgehead atoms. The maximum absolute atomic E-state index is 11.6. The molecule has 1 amide bonds. The first-order valence-electron chi connectivity index (χ1n) is 4.76. The van der Waals surface area contributed by atoms with E-state index in [0.717, 1.165) is 16.6 Å². The molecule has 0 aromatic carbocycles. The van der Waals surface area contributed by atoms with Crippen LogP contribution in [0, 0.1) is 6.92 Å². The molecule has 1 aromatic heterocycles. The Balaban J connectivity index is 1.80. The minimum atomic E-state index is -0.0314. The Bertz CT molecular complexity index is 347. The normalized spacial score (nSPS) is 20.5. The van der Waals surface area contributed by atoms with Crippen LogP contribution in [-0.2, 0) is 11.3 Å². The number of nitrogens with zero attached hydrogens (tertiary/aromatic N) is 1. The van der Waals surface area contributed by atoms with Crippen LogP contribution < -0.4 is 10.6 Å². The number of carbonyl (C=O) groups is 1. The molecule has 1 aliphatic rings. The zero-order valence-corrected chi connectivity index (χ0v) is 10.1. The van der Waals surface area contributed by atoms with E-state index in [1.165, 1.54) is 4.88 Å². The average molecular weight is 243 g/mol. The number of thioether (sulfide) groups is 1. The van der Waals surface area contributed by atoms with Crippen molar-refractivity contribution in [1.82, 2.24) is 15.6 Å². The van der Waals surface area contributed by atoms with E-state index in [1.807, 2.05) is 13.1 Å². The minimum Gasteiger partial charge on any atom is -0.348 e. The highest BCUT2D eigenvalue weighted by molar-refractivity contribution is 7.99. The molecular weight excluding hydrogens is 230 g/mol. The maximum Gasteiger partial charge on any atom is 0.238 e. The number of thiazole rings is 1. The van der Waals surface area contributed by atoms with Crippen molar-refractivity contribution in [2.75, 3.05) is 11.6 Å². The van der Waals surface area contributed by atoms with Gasteiger partial charge in [-0.2, -0.15) is 0 Å². The molecule has 0 radical (unpaired) electrons. The van der Waals surface area contributed by atoms with Crippen LogP contribution in [0.4, 0.5) is 0 Å².